The number of unbranched alkanes of at least 4 members (excludes halogenated alkanes) is 1. The third kappa shape index (κ3) is 22.2. The van der Waals surface area contributed by atoms with Gasteiger partial charge >= 0.3 is 0 Å². The summed E-state index contributed by atoms with van der Waals surface area (Å²) in [6, 6.07) is 0. The Morgan fingerprint density at radius 3 is 1.86 bits per heavy atom. The van der Waals surface area contributed by atoms with E-state index in [9.17, 15) is 0 Å². The van der Waals surface area contributed by atoms with Crippen LogP contribution in [0.3, 0.4) is 0 Å². The second-order valence-corrected chi connectivity index (χ2v) is 1.52. The highest BCUT2D eigenvalue weighted by Gasteiger charge is 1.68. The molecule has 0 fully saturated rings. The quantitative estimate of drug-likeness (QED) is 0.284. The van der Waals surface area contributed by atoms with Crippen LogP contribution >= 0.6 is 12.6 Å². The highest BCUT2D eigenvalue weighted by molar-refractivity contribution is 7.80. The molecule has 0 aliphatic rings. The van der Waals surface area contributed by atoms with Gasteiger partial charge in [0.15, 0.2) is 0 Å². The molecule has 0 aromatic rings. The zero-order chi connectivity index (χ0) is 6.12. The molecule has 0 atom stereocenters. The molecule has 0 aromatic heterocycles. The topological polar surface area (TPSA) is 52.0 Å². The summed E-state index contributed by atoms with van der Waals surface area (Å²) in [5.41, 5.74) is 0. The summed E-state index contributed by atoms with van der Waals surface area (Å²) in [5.74, 6) is 9.04. The fourth-order valence-electron chi connectivity index (χ4n) is 0.158. The Hall–Kier alpha value is 0.270. The van der Waals surface area contributed by atoms with Crippen molar-refractivity contribution in [2.24, 2.45) is 11.7 Å². The van der Waals surface area contributed by atoms with Crippen LogP contribution in [-0.2, 0) is 0 Å². The van der Waals surface area contributed by atoms with Gasteiger partial charge in [-0.15, -0.1) is 0 Å². The third-order valence-corrected chi connectivity index (χ3v) is 0.828. The molecule has 7 heavy (non-hydrogen) atoms. The molecule has 0 unspecified atom stereocenters. The van der Waals surface area contributed by atoms with Crippen molar-refractivity contribution in [1.29, 1.82) is 0 Å². The maximum absolute atomic E-state index is 4.00. The Morgan fingerprint density at radius 2 is 1.86 bits per heavy atom. The van der Waals surface area contributed by atoms with Crippen LogP contribution in [0.15, 0.2) is 0 Å². The molecule has 0 radical (unpaired) electrons. The maximum atomic E-state index is 4.00. The molecule has 0 aliphatic heterocycles. The van der Waals surface area contributed by atoms with Crippen LogP contribution in [-0.4, -0.2) is 5.75 Å². The molecule has 4 N–H and O–H groups in total. The van der Waals surface area contributed by atoms with E-state index in [4.69, 9.17) is 0 Å². The average molecular weight is 122 g/mol. The highest BCUT2D eigenvalue weighted by atomic mass is 32.1. The molecule has 0 heterocycles. The minimum absolute atomic E-state index is 1.04. The van der Waals surface area contributed by atoms with Gasteiger partial charge in [0.2, 0.25) is 0 Å². The summed E-state index contributed by atoms with van der Waals surface area (Å²) in [6.45, 7) is 2.16. The summed E-state index contributed by atoms with van der Waals surface area (Å²) in [7, 11) is 0. The number of nitrogens with two attached hydrogens (primary N) is 2. The van der Waals surface area contributed by atoms with Gasteiger partial charge in [-0.05, 0) is 12.2 Å². The van der Waals surface area contributed by atoms with E-state index in [1.807, 2.05) is 0 Å². The number of thiol groups is 1. The third-order valence-electron chi connectivity index (χ3n) is 0.512. The van der Waals surface area contributed by atoms with Crippen molar-refractivity contribution >= 4 is 12.6 Å². The second-order valence-electron chi connectivity index (χ2n) is 1.08. The van der Waals surface area contributed by atoms with Gasteiger partial charge in [0.1, 0.15) is 0 Å². The van der Waals surface area contributed by atoms with Gasteiger partial charge in [0.05, 0.1) is 0 Å². The van der Waals surface area contributed by atoms with Gasteiger partial charge < -0.3 is 0 Å². The highest BCUT2D eigenvalue weighted by Crippen LogP contribution is 1.85. The molecule has 0 rings (SSSR count). The first-order valence-corrected chi connectivity index (χ1v) is 2.99. The molecular weight excluding hydrogens is 108 g/mol. The number of hydrogen-bond donors (Lipinski definition) is 3. The van der Waals surface area contributed by atoms with Crippen molar-refractivity contribution in [3.63, 3.8) is 0 Å². The molecule has 0 aromatic carbocycles. The Labute approximate surface area is 50.6 Å². The summed E-state index contributed by atoms with van der Waals surface area (Å²) in [5, 5.41) is 0. The lowest BCUT2D eigenvalue weighted by Crippen LogP contribution is -2.02. The van der Waals surface area contributed by atoms with Crippen molar-refractivity contribution in [2.45, 2.75) is 19.8 Å². The van der Waals surface area contributed by atoms with Gasteiger partial charge in [-0.3, -0.25) is 11.7 Å². The van der Waals surface area contributed by atoms with Gasteiger partial charge in [-0.25, -0.2) is 0 Å². The predicted molar refractivity (Wildman–Crippen MR) is 37.1 cm³/mol. The molecule has 0 bridgehead atoms. The van der Waals surface area contributed by atoms with E-state index in [0.717, 1.165) is 5.75 Å². The molecule has 0 saturated carbocycles. The predicted octanol–water partition coefficient (Wildman–Crippen LogP) is 0.535. The molecule has 0 spiro atoms. The molecule has 3 heteroatoms. The van der Waals surface area contributed by atoms with Crippen molar-refractivity contribution in [3.05, 3.63) is 0 Å². The van der Waals surface area contributed by atoms with E-state index in [0.29, 0.717) is 0 Å². The Kier molecular flexibility index (Phi) is 23.9. The monoisotopic (exact) mass is 122 g/mol. The lowest BCUT2D eigenvalue weighted by molar-refractivity contribution is 0.899. The summed E-state index contributed by atoms with van der Waals surface area (Å²) < 4.78 is 0. The average Bonchev–Trinajstić information content (AvgIpc) is 1.75. The summed E-state index contributed by atoms with van der Waals surface area (Å²) in [4.78, 5) is 0. The number of hydrogen-bond acceptors (Lipinski definition) is 3. The zero-order valence-corrected chi connectivity index (χ0v) is 5.62. The first-order valence-electron chi connectivity index (χ1n) is 2.36. The fraction of sp³-hybridized carbons (Fsp3) is 1.00. The number of hydrazine groups is 1. The van der Waals surface area contributed by atoms with Crippen LogP contribution in [0.4, 0.5) is 0 Å². The van der Waals surface area contributed by atoms with Crippen LogP contribution in [0.5, 0.6) is 0 Å². The lowest BCUT2D eigenvalue weighted by atomic mass is 10.4. The lowest BCUT2D eigenvalue weighted by Gasteiger charge is -1.78. The second kappa shape index (κ2) is 16.3. The van der Waals surface area contributed by atoms with Crippen LogP contribution in [0.2, 0.25) is 0 Å². The van der Waals surface area contributed by atoms with Crippen LogP contribution in [0.25, 0.3) is 0 Å². The smallest absolute Gasteiger partial charge is 0.00980 e. The fourth-order valence-corrected chi connectivity index (χ4v) is 0.474. The number of rotatable bonds is 2. The molecule has 2 nitrogen and oxygen atoms in total. The van der Waals surface area contributed by atoms with E-state index < -0.39 is 0 Å². The molecule has 0 amide bonds. The minimum atomic E-state index is 1.04. The molecule has 46 valence electrons. The van der Waals surface area contributed by atoms with Crippen molar-refractivity contribution in [1.82, 2.24) is 0 Å². The zero-order valence-electron chi connectivity index (χ0n) is 4.72. The largest absolute Gasteiger partial charge is 0.274 e. The van der Waals surface area contributed by atoms with Gasteiger partial charge in [-0.1, -0.05) is 13.3 Å². The van der Waals surface area contributed by atoms with E-state index >= 15 is 0 Å². The van der Waals surface area contributed by atoms with E-state index in [1.54, 1.807) is 0 Å². The van der Waals surface area contributed by atoms with E-state index in [1.165, 1.54) is 12.8 Å². The first-order chi connectivity index (χ1) is 3.41. The molecule has 0 aliphatic carbocycles. The van der Waals surface area contributed by atoms with Crippen LogP contribution < -0.4 is 11.7 Å². The van der Waals surface area contributed by atoms with Gasteiger partial charge in [0.25, 0.3) is 0 Å². The molecule has 0 saturated heterocycles. The summed E-state index contributed by atoms with van der Waals surface area (Å²) >= 11 is 4.00. The van der Waals surface area contributed by atoms with E-state index in [2.05, 4.69) is 31.2 Å². The Balaban J connectivity index is 0. The summed E-state index contributed by atoms with van der Waals surface area (Å²) in [6.07, 6.45) is 2.52. The van der Waals surface area contributed by atoms with Crippen LogP contribution in [0, 0.1) is 0 Å². The van der Waals surface area contributed by atoms with Gasteiger partial charge in [0, 0.05) is 0 Å². The van der Waals surface area contributed by atoms with Crippen molar-refractivity contribution in [2.75, 3.05) is 5.75 Å². The van der Waals surface area contributed by atoms with Gasteiger partial charge in [-0.2, -0.15) is 12.6 Å². The normalized spacial score (nSPS) is 6.86. The Bertz CT molecular complexity index is 17.2. The van der Waals surface area contributed by atoms with Crippen molar-refractivity contribution < 1.29 is 0 Å². The SMILES string of the molecule is CCCCS.NN. The van der Waals surface area contributed by atoms with Crippen LogP contribution in [0.1, 0.15) is 19.8 Å². The Morgan fingerprint density at radius 1 is 1.43 bits per heavy atom. The minimum Gasteiger partial charge on any atom is -0.274 e. The maximum Gasteiger partial charge on any atom is -0.00980 e. The van der Waals surface area contributed by atoms with Crippen molar-refractivity contribution in [3.8, 4) is 0 Å². The first kappa shape index (κ1) is 10.3. The standard InChI is InChI=1S/C4H10S.H4N2/c1-2-3-4-5;1-2/h5H,2-4H2,1H3;1-2H2. The van der Waals surface area contributed by atoms with E-state index in [-0.39, 0.29) is 0 Å². The molecular formula is C4H14N2S.